The molecular formula is C41H47N7O5. The van der Waals surface area contributed by atoms with Gasteiger partial charge in [-0.1, -0.05) is 55.5 Å². The smallest absolute Gasteiger partial charge is 0.251 e. The molecule has 4 aromatic rings. The first-order chi connectivity index (χ1) is 26.0. The third-order valence-corrected chi connectivity index (χ3v) is 8.32. The summed E-state index contributed by atoms with van der Waals surface area (Å²) in [7, 11) is 0. The van der Waals surface area contributed by atoms with E-state index in [1.54, 1.807) is 48.5 Å². The Hall–Kier alpha value is -5.85. The Morgan fingerprint density at radius 3 is 2.02 bits per heavy atom. The third-order valence-electron chi connectivity index (χ3n) is 8.32. The molecule has 1 aliphatic heterocycles. The number of aliphatic imine (C=N–C) groups is 3. The summed E-state index contributed by atoms with van der Waals surface area (Å²) in [4.78, 5) is 39.3. The molecule has 5 N–H and O–H groups in total. The molecule has 1 atom stereocenters. The zero-order chi connectivity index (χ0) is 37.1. The minimum absolute atomic E-state index is 0.00530. The fraction of sp³-hybridized carbons (Fsp3) is 0.293. The molecule has 0 saturated carbocycles. The molecule has 12 nitrogen and oxygen atoms in total. The van der Waals surface area contributed by atoms with Crippen LogP contribution in [0.3, 0.4) is 0 Å². The van der Waals surface area contributed by atoms with Crippen molar-refractivity contribution in [3.8, 4) is 5.75 Å². The van der Waals surface area contributed by atoms with Gasteiger partial charge in [-0.2, -0.15) is 9.98 Å². The van der Waals surface area contributed by atoms with Crippen LogP contribution in [0.2, 0.25) is 0 Å². The molecule has 1 unspecified atom stereocenters. The molecule has 53 heavy (non-hydrogen) atoms. The zero-order valence-electron chi connectivity index (χ0n) is 30.0. The average Bonchev–Trinajstić information content (AvgIpc) is 3.35. The number of nitrogens with one attached hydrogen (secondary N) is 4. The second kappa shape index (κ2) is 20.9. The van der Waals surface area contributed by atoms with E-state index >= 15 is 0 Å². The molecular weight excluding hydrogens is 670 g/mol. The highest BCUT2D eigenvalue weighted by atomic mass is 16.5. The number of nitrogens with zero attached hydrogens (tertiary/aromatic N) is 3. The van der Waals surface area contributed by atoms with Crippen molar-refractivity contribution >= 4 is 40.8 Å². The Kier molecular flexibility index (Phi) is 15.1. The summed E-state index contributed by atoms with van der Waals surface area (Å²) >= 11 is 0. The van der Waals surface area contributed by atoms with E-state index in [1.165, 1.54) is 5.56 Å². The van der Waals surface area contributed by atoms with Gasteiger partial charge in [0.15, 0.2) is 0 Å². The number of guanidine groups is 1. The van der Waals surface area contributed by atoms with Crippen LogP contribution in [0.15, 0.2) is 124 Å². The normalized spacial score (nSPS) is 14.8. The lowest BCUT2D eigenvalue weighted by Gasteiger charge is -2.18. The van der Waals surface area contributed by atoms with Crippen LogP contribution in [0.25, 0.3) is 0 Å². The molecule has 12 heteroatoms. The molecule has 0 saturated heterocycles. The minimum atomic E-state index is -0.129. The van der Waals surface area contributed by atoms with Crippen molar-refractivity contribution in [3.63, 3.8) is 0 Å². The summed E-state index contributed by atoms with van der Waals surface area (Å²) in [6.45, 7) is 5.05. The van der Waals surface area contributed by atoms with Gasteiger partial charge in [0.25, 0.3) is 11.8 Å². The monoisotopic (exact) mass is 717 g/mol. The zero-order valence-corrected chi connectivity index (χ0v) is 30.0. The van der Waals surface area contributed by atoms with Crippen LogP contribution in [0.5, 0.6) is 5.75 Å². The van der Waals surface area contributed by atoms with Crippen LogP contribution in [-0.4, -0.2) is 80.6 Å². The van der Waals surface area contributed by atoms with Gasteiger partial charge in [0.2, 0.25) is 5.96 Å². The number of phenolic OH excluding ortho intramolecular Hbond substituents is 1. The number of benzene rings is 4. The van der Waals surface area contributed by atoms with Gasteiger partial charge in [-0.25, -0.2) is 0 Å². The van der Waals surface area contributed by atoms with E-state index in [0.717, 1.165) is 24.4 Å². The van der Waals surface area contributed by atoms with E-state index in [2.05, 4.69) is 28.2 Å². The first-order valence-electron chi connectivity index (χ1n) is 17.9. The summed E-state index contributed by atoms with van der Waals surface area (Å²) < 4.78 is 11.3. The summed E-state index contributed by atoms with van der Waals surface area (Å²) in [6.07, 6.45) is 2.11. The van der Waals surface area contributed by atoms with E-state index in [-0.39, 0.29) is 23.5 Å². The first kappa shape index (κ1) is 38.4. The molecule has 0 radical (unpaired) electrons. The predicted molar refractivity (Wildman–Crippen MR) is 210 cm³/mol. The molecule has 276 valence electrons. The minimum Gasteiger partial charge on any atom is -0.508 e. The van der Waals surface area contributed by atoms with Crippen LogP contribution >= 0.6 is 0 Å². The second-order valence-corrected chi connectivity index (χ2v) is 12.3. The van der Waals surface area contributed by atoms with Crippen LogP contribution in [-0.2, 0) is 15.9 Å². The van der Waals surface area contributed by atoms with E-state index in [0.29, 0.717) is 81.1 Å². The molecule has 1 heterocycles. The van der Waals surface area contributed by atoms with Gasteiger partial charge in [0.1, 0.15) is 17.4 Å². The predicted octanol–water partition coefficient (Wildman–Crippen LogP) is 5.93. The largest absolute Gasteiger partial charge is 0.508 e. The molecule has 0 aliphatic carbocycles. The van der Waals surface area contributed by atoms with Crippen LogP contribution in [0.4, 0.5) is 11.4 Å². The lowest BCUT2D eigenvalue weighted by Crippen LogP contribution is -2.27. The molecule has 4 aromatic carbocycles. The number of ether oxygens (including phenoxy) is 2. The fourth-order valence-corrected chi connectivity index (χ4v) is 5.42. The Bertz CT molecular complexity index is 1830. The summed E-state index contributed by atoms with van der Waals surface area (Å²) in [5.41, 5.74) is 3.87. The molecule has 0 spiro atoms. The number of hydrogen-bond donors (Lipinski definition) is 5. The molecule has 0 aromatic heterocycles. The van der Waals surface area contributed by atoms with Gasteiger partial charge >= 0.3 is 0 Å². The van der Waals surface area contributed by atoms with Gasteiger partial charge in [-0.05, 0) is 79.1 Å². The van der Waals surface area contributed by atoms with Crippen molar-refractivity contribution in [1.29, 1.82) is 0 Å². The first-order valence-corrected chi connectivity index (χ1v) is 17.9. The lowest BCUT2D eigenvalue weighted by atomic mass is 10.00. The molecule has 0 fully saturated rings. The Morgan fingerprint density at radius 2 is 1.32 bits per heavy atom. The van der Waals surface area contributed by atoms with Crippen LogP contribution in [0, 0.1) is 5.92 Å². The fourth-order valence-electron chi connectivity index (χ4n) is 5.42. The SMILES string of the molecule is CCC1CC(=NCCOCCOCCNC(=O)c2ccccc2)N=C(Nc2ccc(O)cc2)N=C1Nc1ccc(C(=O)NCCc2ccccc2)cc1. The van der Waals surface area contributed by atoms with Gasteiger partial charge in [0.05, 0.1) is 33.0 Å². The van der Waals surface area contributed by atoms with E-state index < -0.39 is 0 Å². The van der Waals surface area contributed by atoms with E-state index in [4.69, 9.17) is 24.5 Å². The molecule has 5 rings (SSSR count). The van der Waals surface area contributed by atoms with E-state index in [9.17, 15) is 14.7 Å². The molecule has 2 amide bonds. The number of anilines is 2. The van der Waals surface area contributed by atoms with Gasteiger partial charge in [-0.3, -0.25) is 14.6 Å². The number of aromatic hydroxyl groups is 1. The highest BCUT2D eigenvalue weighted by Crippen LogP contribution is 2.21. The summed E-state index contributed by atoms with van der Waals surface area (Å²) in [5, 5.41) is 22.3. The van der Waals surface area contributed by atoms with Crippen molar-refractivity contribution in [1.82, 2.24) is 10.6 Å². The summed E-state index contributed by atoms with van der Waals surface area (Å²) in [5.74, 6) is 1.61. The third kappa shape index (κ3) is 13.0. The van der Waals surface area contributed by atoms with Crippen LogP contribution in [0.1, 0.15) is 46.0 Å². The lowest BCUT2D eigenvalue weighted by molar-refractivity contribution is 0.0512. The number of carbonyl (C=O) groups excluding carboxylic acids is 2. The van der Waals surface area contributed by atoms with Crippen molar-refractivity contribution in [2.24, 2.45) is 20.9 Å². The van der Waals surface area contributed by atoms with E-state index in [1.807, 2.05) is 60.7 Å². The Labute approximate surface area is 310 Å². The summed E-state index contributed by atoms with van der Waals surface area (Å²) in [6, 6.07) is 33.1. The van der Waals surface area contributed by atoms with Crippen molar-refractivity contribution in [2.75, 3.05) is 56.7 Å². The number of rotatable bonds is 17. The maximum Gasteiger partial charge on any atom is 0.251 e. The standard InChI is InChI=1S/C41H47N7O5/c1-2-31-29-37(42-23-25-52-27-28-53-26-24-44-39(50)32-11-7-4-8-12-32)47-41(46-35-17-19-36(49)20-18-35)48-38(31)45-34-15-13-33(14-16-34)40(51)43-22-21-30-9-5-3-6-10-30/h3-20,31,49H,2,21-29H2,1H3,(H,43,51)(H,44,50)(H2,42,45,46,47,48). The van der Waals surface area contributed by atoms with Crippen molar-refractivity contribution in [2.45, 2.75) is 26.2 Å². The van der Waals surface area contributed by atoms with Crippen molar-refractivity contribution in [3.05, 3.63) is 126 Å². The van der Waals surface area contributed by atoms with Gasteiger partial charge < -0.3 is 35.8 Å². The van der Waals surface area contributed by atoms with Gasteiger partial charge in [0, 0.05) is 47.9 Å². The average molecular weight is 718 g/mol. The molecule has 1 aliphatic rings. The maximum absolute atomic E-state index is 12.8. The number of amidine groups is 2. The number of phenols is 1. The highest BCUT2D eigenvalue weighted by Gasteiger charge is 2.22. The molecule has 0 bridgehead atoms. The maximum atomic E-state index is 12.8. The number of hydrogen-bond acceptors (Lipinski definition) is 9. The number of carbonyl (C=O) groups is 2. The Balaban J connectivity index is 1.12. The quantitative estimate of drug-likeness (QED) is 0.0669. The topological polar surface area (TPSA) is 158 Å². The van der Waals surface area contributed by atoms with Gasteiger partial charge in [-0.15, -0.1) is 0 Å². The number of amides is 2. The van der Waals surface area contributed by atoms with Crippen LogP contribution < -0.4 is 21.3 Å². The van der Waals surface area contributed by atoms with Crippen molar-refractivity contribution < 1.29 is 24.2 Å². The Morgan fingerprint density at radius 1 is 0.717 bits per heavy atom. The highest BCUT2D eigenvalue weighted by molar-refractivity contribution is 6.14. The second-order valence-electron chi connectivity index (χ2n) is 12.3.